The highest BCUT2D eigenvalue weighted by molar-refractivity contribution is 5.85. The number of aliphatic hydroxyl groups excluding tert-OH is 1. The first kappa shape index (κ1) is 15.5. The summed E-state index contributed by atoms with van der Waals surface area (Å²) in [7, 11) is 1.44. The van der Waals surface area contributed by atoms with Crippen molar-refractivity contribution in [2.45, 2.75) is 6.10 Å². The molecule has 1 amide bonds. The number of carbonyl (C=O) groups excluding carboxylic acids is 1. The molecule has 0 aliphatic rings. The number of hydrogen-bond donors (Lipinski definition) is 3. The minimum atomic E-state index is -1.28. The van der Waals surface area contributed by atoms with Gasteiger partial charge in [-0.25, -0.2) is 5.43 Å². The summed E-state index contributed by atoms with van der Waals surface area (Å²) >= 11 is 0. The van der Waals surface area contributed by atoms with Gasteiger partial charge in [0.2, 0.25) is 0 Å². The average molecular weight is 300 g/mol. The number of phenols is 1. The summed E-state index contributed by atoms with van der Waals surface area (Å²) in [5, 5.41) is 23.1. The molecule has 0 radical (unpaired) electrons. The first-order chi connectivity index (χ1) is 10.6. The lowest BCUT2D eigenvalue weighted by atomic mass is 10.1. The van der Waals surface area contributed by atoms with E-state index in [-0.39, 0.29) is 5.75 Å². The number of benzene rings is 2. The van der Waals surface area contributed by atoms with E-state index in [9.17, 15) is 15.0 Å². The highest BCUT2D eigenvalue weighted by Gasteiger charge is 2.15. The molecule has 0 aliphatic carbocycles. The Kier molecular flexibility index (Phi) is 5.11. The molecule has 0 saturated carbocycles. The molecule has 0 spiro atoms. The molecule has 3 N–H and O–H groups in total. The molecule has 0 saturated heterocycles. The maximum atomic E-state index is 11.8. The van der Waals surface area contributed by atoms with Gasteiger partial charge in [-0.2, -0.15) is 5.10 Å². The molecule has 2 aromatic carbocycles. The van der Waals surface area contributed by atoms with E-state index in [2.05, 4.69) is 10.5 Å². The molecule has 114 valence electrons. The molecule has 1 atom stereocenters. The summed E-state index contributed by atoms with van der Waals surface area (Å²) in [6.45, 7) is 0. The molecule has 0 unspecified atom stereocenters. The summed E-state index contributed by atoms with van der Waals surface area (Å²) in [5.74, 6) is -0.309. The fourth-order valence-electron chi connectivity index (χ4n) is 1.79. The van der Waals surface area contributed by atoms with E-state index in [1.165, 1.54) is 19.4 Å². The van der Waals surface area contributed by atoms with Gasteiger partial charge < -0.3 is 14.9 Å². The van der Waals surface area contributed by atoms with Crippen molar-refractivity contribution in [3.05, 3.63) is 59.7 Å². The number of hydrazone groups is 1. The zero-order chi connectivity index (χ0) is 15.9. The van der Waals surface area contributed by atoms with E-state index in [4.69, 9.17) is 4.74 Å². The number of nitrogens with one attached hydrogen (secondary N) is 1. The molecule has 0 fully saturated rings. The summed E-state index contributed by atoms with van der Waals surface area (Å²) in [4.78, 5) is 11.8. The van der Waals surface area contributed by atoms with Crippen LogP contribution in [0.1, 0.15) is 17.2 Å². The van der Waals surface area contributed by atoms with Crippen molar-refractivity contribution in [2.75, 3.05) is 7.11 Å². The van der Waals surface area contributed by atoms with Crippen molar-refractivity contribution in [3.8, 4) is 11.5 Å². The fraction of sp³-hybridized carbons (Fsp3) is 0.125. The topological polar surface area (TPSA) is 91.2 Å². The van der Waals surface area contributed by atoms with Crippen LogP contribution in [0.5, 0.6) is 11.5 Å². The van der Waals surface area contributed by atoms with Crippen LogP contribution in [0, 0.1) is 0 Å². The van der Waals surface area contributed by atoms with Crippen LogP contribution in [0.25, 0.3) is 0 Å². The molecular weight excluding hydrogens is 284 g/mol. The predicted molar refractivity (Wildman–Crippen MR) is 81.8 cm³/mol. The fourth-order valence-corrected chi connectivity index (χ4v) is 1.79. The molecular formula is C16H16N2O4. The van der Waals surface area contributed by atoms with Gasteiger partial charge in [0.1, 0.15) is 0 Å². The Balaban J connectivity index is 1.99. The molecule has 0 aromatic heterocycles. The van der Waals surface area contributed by atoms with Crippen molar-refractivity contribution >= 4 is 12.1 Å². The Morgan fingerprint density at radius 3 is 2.68 bits per heavy atom. The molecule has 0 heterocycles. The second kappa shape index (κ2) is 7.24. The SMILES string of the molecule is COc1cc(/C=N\NC(=O)[C@H](O)c2ccccc2)ccc1O. The molecule has 2 rings (SSSR count). The quantitative estimate of drug-likeness (QED) is 0.577. The maximum absolute atomic E-state index is 11.8. The highest BCUT2D eigenvalue weighted by Crippen LogP contribution is 2.25. The van der Waals surface area contributed by atoms with Crippen LogP contribution < -0.4 is 10.2 Å². The number of phenolic OH excluding ortho intramolecular Hbond substituents is 1. The minimum Gasteiger partial charge on any atom is -0.504 e. The van der Waals surface area contributed by atoms with Gasteiger partial charge in [-0.05, 0) is 29.3 Å². The van der Waals surface area contributed by atoms with E-state index >= 15 is 0 Å². The lowest BCUT2D eigenvalue weighted by Crippen LogP contribution is -2.25. The van der Waals surface area contributed by atoms with Crippen molar-refractivity contribution in [1.82, 2.24) is 5.43 Å². The monoisotopic (exact) mass is 300 g/mol. The van der Waals surface area contributed by atoms with Crippen LogP contribution in [-0.4, -0.2) is 29.4 Å². The van der Waals surface area contributed by atoms with E-state index in [1.54, 1.807) is 42.5 Å². The van der Waals surface area contributed by atoms with Crippen LogP contribution in [0.15, 0.2) is 53.6 Å². The number of rotatable bonds is 5. The van der Waals surface area contributed by atoms with Crippen LogP contribution in [-0.2, 0) is 4.79 Å². The van der Waals surface area contributed by atoms with Gasteiger partial charge in [-0.15, -0.1) is 0 Å². The molecule has 22 heavy (non-hydrogen) atoms. The first-order valence-corrected chi connectivity index (χ1v) is 6.54. The zero-order valence-corrected chi connectivity index (χ0v) is 11.9. The standard InChI is InChI=1S/C16H16N2O4/c1-22-14-9-11(7-8-13(14)19)10-17-18-16(21)15(20)12-5-3-2-4-6-12/h2-10,15,19-20H,1H3,(H,18,21)/b17-10-/t15-/m1/s1. The van der Waals surface area contributed by atoms with Gasteiger partial charge in [0.25, 0.3) is 5.91 Å². The predicted octanol–water partition coefficient (Wildman–Crippen LogP) is 1.58. The number of methoxy groups -OCH3 is 1. The Morgan fingerprint density at radius 2 is 2.00 bits per heavy atom. The first-order valence-electron chi connectivity index (χ1n) is 6.54. The highest BCUT2D eigenvalue weighted by atomic mass is 16.5. The van der Waals surface area contributed by atoms with Crippen molar-refractivity contribution < 1.29 is 19.7 Å². The van der Waals surface area contributed by atoms with E-state index < -0.39 is 12.0 Å². The second-order valence-electron chi connectivity index (χ2n) is 4.48. The van der Waals surface area contributed by atoms with Gasteiger partial charge in [-0.3, -0.25) is 4.79 Å². The normalized spacial score (nSPS) is 12.1. The molecule has 6 heteroatoms. The smallest absolute Gasteiger partial charge is 0.273 e. The summed E-state index contributed by atoms with van der Waals surface area (Å²) < 4.78 is 4.97. The van der Waals surface area contributed by atoms with Crippen LogP contribution in [0.2, 0.25) is 0 Å². The Labute approximate surface area is 127 Å². The number of carbonyl (C=O) groups is 1. The zero-order valence-electron chi connectivity index (χ0n) is 11.9. The third-order valence-electron chi connectivity index (χ3n) is 2.96. The number of aliphatic hydroxyl groups is 1. The number of hydrogen-bond acceptors (Lipinski definition) is 5. The Bertz CT molecular complexity index is 671. The largest absolute Gasteiger partial charge is 0.504 e. The van der Waals surface area contributed by atoms with Gasteiger partial charge in [0.15, 0.2) is 17.6 Å². The molecule has 0 bridgehead atoms. The Morgan fingerprint density at radius 1 is 1.27 bits per heavy atom. The molecule has 2 aromatic rings. The van der Waals surface area contributed by atoms with Gasteiger partial charge in [-0.1, -0.05) is 30.3 Å². The third kappa shape index (κ3) is 3.83. The summed E-state index contributed by atoms with van der Waals surface area (Å²) in [6, 6.07) is 13.2. The minimum absolute atomic E-state index is 0.0168. The summed E-state index contributed by atoms with van der Waals surface area (Å²) in [5.41, 5.74) is 3.38. The van der Waals surface area contributed by atoms with Crippen molar-refractivity contribution in [2.24, 2.45) is 5.10 Å². The van der Waals surface area contributed by atoms with E-state index in [0.29, 0.717) is 16.9 Å². The van der Waals surface area contributed by atoms with Crippen molar-refractivity contribution in [3.63, 3.8) is 0 Å². The van der Waals surface area contributed by atoms with Crippen molar-refractivity contribution in [1.29, 1.82) is 0 Å². The van der Waals surface area contributed by atoms with Gasteiger partial charge in [0.05, 0.1) is 13.3 Å². The van der Waals surface area contributed by atoms with E-state index in [1.807, 2.05) is 0 Å². The average Bonchev–Trinajstić information content (AvgIpc) is 2.56. The number of amides is 1. The lowest BCUT2D eigenvalue weighted by molar-refractivity contribution is -0.129. The Hall–Kier alpha value is -2.86. The van der Waals surface area contributed by atoms with E-state index in [0.717, 1.165) is 0 Å². The van der Waals surface area contributed by atoms with Gasteiger partial charge in [0, 0.05) is 0 Å². The number of ether oxygens (including phenoxy) is 1. The third-order valence-corrected chi connectivity index (χ3v) is 2.96. The van der Waals surface area contributed by atoms with Gasteiger partial charge >= 0.3 is 0 Å². The number of aromatic hydroxyl groups is 1. The number of nitrogens with zero attached hydrogens (tertiary/aromatic N) is 1. The maximum Gasteiger partial charge on any atom is 0.273 e. The molecule has 0 aliphatic heterocycles. The van der Waals surface area contributed by atoms with Crippen LogP contribution in [0.4, 0.5) is 0 Å². The second-order valence-corrected chi connectivity index (χ2v) is 4.48. The van der Waals surface area contributed by atoms with Crippen LogP contribution in [0.3, 0.4) is 0 Å². The molecule has 6 nitrogen and oxygen atoms in total. The van der Waals surface area contributed by atoms with Crippen LogP contribution >= 0.6 is 0 Å². The summed E-state index contributed by atoms with van der Waals surface area (Å²) in [6.07, 6.45) is 0.102. The lowest BCUT2D eigenvalue weighted by Gasteiger charge is -2.08.